The molecule has 2 fully saturated rings. The van der Waals surface area contributed by atoms with Gasteiger partial charge in [-0.05, 0) is 82.4 Å². The van der Waals surface area contributed by atoms with Gasteiger partial charge in [-0.15, -0.1) is 0 Å². The van der Waals surface area contributed by atoms with Crippen LogP contribution in [0.2, 0.25) is 0 Å². The summed E-state index contributed by atoms with van der Waals surface area (Å²) in [5, 5.41) is 26.3. The maximum absolute atomic E-state index is 15.0. The lowest BCUT2D eigenvalue weighted by Crippen LogP contribution is -2.50. The van der Waals surface area contributed by atoms with Crippen LogP contribution in [-0.4, -0.2) is 54.5 Å². The summed E-state index contributed by atoms with van der Waals surface area (Å²) in [4.78, 5) is 30.8. The molecule has 0 aromatic carbocycles. The van der Waals surface area contributed by atoms with Crippen LogP contribution in [-0.2, 0) is 4.79 Å². The van der Waals surface area contributed by atoms with E-state index < -0.39 is 23.8 Å². The van der Waals surface area contributed by atoms with Crippen LogP contribution in [0.4, 0.5) is 10.2 Å². The third-order valence-corrected chi connectivity index (χ3v) is 7.37. The first-order chi connectivity index (χ1) is 17.8. The van der Waals surface area contributed by atoms with E-state index in [2.05, 4.69) is 30.9 Å². The number of hydrogen-bond acceptors (Lipinski definition) is 6. The zero-order valence-corrected chi connectivity index (χ0v) is 21.2. The topological polar surface area (TPSA) is 138 Å². The standard InChI is InChI=1S/C26H32FN7O3/c1-13(12-35)34-19(10-11-28-34)25(36)31-23(22(16-4-5-16)17-6-7-17)26(37)30-20-9-8-18(24(27)29-20)21-14(2)32-33-15(21)3/h8-11,13,16-17,22-23,35H,4-7,12H2,1-3H3,(H,31,36)(H,32,33)(H,29,30,37)/t13-,23-/m0/s1. The maximum Gasteiger partial charge on any atom is 0.270 e. The van der Waals surface area contributed by atoms with Crippen molar-refractivity contribution >= 4 is 17.6 Å². The lowest BCUT2D eigenvalue weighted by Gasteiger charge is -2.27. The SMILES string of the molecule is Cc1n[nH]c(C)c1-c1ccc(NC(=O)[C@@H](NC(=O)c2ccnn2[C@@H](C)CO)C(C2CC2)C2CC2)nc1F. The molecule has 37 heavy (non-hydrogen) atoms. The summed E-state index contributed by atoms with van der Waals surface area (Å²) < 4.78 is 16.5. The summed E-state index contributed by atoms with van der Waals surface area (Å²) in [6, 6.07) is 3.50. The molecule has 3 aromatic heterocycles. The Morgan fingerprint density at radius 3 is 2.46 bits per heavy atom. The highest BCUT2D eigenvalue weighted by atomic mass is 19.1. The van der Waals surface area contributed by atoms with Gasteiger partial charge in [0.15, 0.2) is 0 Å². The second-order valence-corrected chi connectivity index (χ2v) is 10.2. The monoisotopic (exact) mass is 509 g/mol. The van der Waals surface area contributed by atoms with E-state index in [9.17, 15) is 14.7 Å². The Balaban J connectivity index is 1.39. The number of pyridine rings is 1. The number of aliphatic hydroxyl groups excluding tert-OH is 1. The molecule has 3 aromatic rings. The van der Waals surface area contributed by atoms with Gasteiger partial charge >= 0.3 is 0 Å². The van der Waals surface area contributed by atoms with Crippen molar-refractivity contribution in [3.63, 3.8) is 0 Å². The molecular formula is C26H32FN7O3. The molecule has 0 spiro atoms. The highest BCUT2D eigenvalue weighted by Crippen LogP contribution is 2.51. The number of aromatic amines is 1. The first-order valence-corrected chi connectivity index (χ1v) is 12.7. The minimum Gasteiger partial charge on any atom is -0.394 e. The number of amides is 2. The van der Waals surface area contributed by atoms with Crippen molar-refractivity contribution in [2.45, 2.75) is 58.5 Å². The van der Waals surface area contributed by atoms with E-state index in [1.54, 1.807) is 39.0 Å². The van der Waals surface area contributed by atoms with E-state index in [1.165, 1.54) is 10.9 Å². The minimum absolute atomic E-state index is 0.00376. The smallest absolute Gasteiger partial charge is 0.270 e. The highest BCUT2D eigenvalue weighted by molar-refractivity contribution is 6.00. The van der Waals surface area contributed by atoms with Crippen LogP contribution in [0.5, 0.6) is 0 Å². The number of aromatic nitrogens is 5. The van der Waals surface area contributed by atoms with E-state index in [0.29, 0.717) is 28.7 Å². The third-order valence-electron chi connectivity index (χ3n) is 7.37. The number of rotatable bonds is 10. The number of hydrogen-bond donors (Lipinski definition) is 4. The van der Waals surface area contributed by atoms with Crippen LogP contribution in [0.1, 0.15) is 60.5 Å². The van der Waals surface area contributed by atoms with E-state index >= 15 is 4.39 Å². The molecule has 2 amide bonds. The summed E-state index contributed by atoms with van der Waals surface area (Å²) in [6.07, 6.45) is 5.57. The molecule has 2 atom stereocenters. The fourth-order valence-corrected chi connectivity index (χ4v) is 5.21. The van der Waals surface area contributed by atoms with Crippen LogP contribution < -0.4 is 10.6 Å². The van der Waals surface area contributed by atoms with Crippen molar-refractivity contribution in [3.8, 4) is 11.1 Å². The Morgan fingerprint density at radius 2 is 1.89 bits per heavy atom. The molecule has 0 bridgehead atoms. The molecule has 5 rings (SSSR count). The van der Waals surface area contributed by atoms with Crippen LogP contribution in [0.3, 0.4) is 0 Å². The largest absolute Gasteiger partial charge is 0.394 e. The van der Waals surface area contributed by atoms with Crippen LogP contribution in [0.25, 0.3) is 11.1 Å². The summed E-state index contributed by atoms with van der Waals surface area (Å²) in [5.41, 5.74) is 2.59. The van der Waals surface area contributed by atoms with Crippen LogP contribution >= 0.6 is 0 Å². The van der Waals surface area contributed by atoms with E-state index in [4.69, 9.17) is 0 Å². The van der Waals surface area contributed by atoms with Gasteiger partial charge in [0.25, 0.3) is 5.91 Å². The molecule has 10 nitrogen and oxygen atoms in total. The normalized spacial score (nSPS) is 17.0. The number of nitrogens with one attached hydrogen (secondary N) is 3. The van der Waals surface area contributed by atoms with Crippen molar-refractivity contribution in [1.29, 1.82) is 0 Å². The molecule has 2 saturated carbocycles. The number of H-pyrrole nitrogens is 1. The lowest BCUT2D eigenvalue weighted by atomic mass is 9.88. The lowest BCUT2D eigenvalue weighted by molar-refractivity contribution is -0.119. The van der Waals surface area contributed by atoms with Crippen molar-refractivity contribution in [1.82, 2.24) is 30.3 Å². The van der Waals surface area contributed by atoms with E-state index in [0.717, 1.165) is 31.4 Å². The molecule has 0 aliphatic heterocycles. The average Bonchev–Trinajstić information content (AvgIpc) is 3.81. The fourth-order valence-electron chi connectivity index (χ4n) is 5.21. The molecule has 11 heteroatoms. The molecule has 3 heterocycles. The third kappa shape index (κ3) is 5.13. The Hall–Kier alpha value is -3.60. The Bertz CT molecular complexity index is 1280. The Morgan fingerprint density at radius 1 is 1.19 bits per heavy atom. The van der Waals surface area contributed by atoms with Gasteiger partial charge in [-0.3, -0.25) is 19.4 Å². The number of aliphatic hydroxyl groups is 1. The van der Waals surface area contributed by atoms with Gasteiger partial charge in [-0.1, -0.05) is 0 Å². The van der Waals surface area contributed by atoms with Crippen molar-refractivity contribution in [2.24, 2.45) is 17.8 Å². The van der Waals surface area contributed by atoms with Crippen LogP contribution in [0, 0.1) is 37.5 Å². The van der Waals surface area contributed by atoms with Crippen molar-refractivity contribution in [2.75, 3.05) is 11.9 Å². The molecule has 2 aliphatic carbocycles. The van der Waals surface area contributed by atoms with Crippen LogP contribution in [0.15, 0.2) is 24.4 Å². The highest BCUT2D eigenvalue weighted by Gasteiger charge is 2.48. The van der Waals surface area contributed by atoms with Gasteiger partial charge in [0.2, 0.25) is 11.9 Å². The molecule has 0 unspecified atom stereocenters. The summed E-state index contributed by atoms with van der Waals surface area (Å²) in [6.45, 7) is 5.16. The minimum atomic E-state index is -0.803. The second kappa shape index (κ2) is 10.0. The molecular weight excluding hydrogens is 477 g/mol. The summed E-state index contributed by atoms with van der Waals surface area (Å²) in [7, 11) is 0. The number of aryl methyl sites for hydroxylation is 2. The number of halogens is 1. The second-order valence-electron chi connectivity index (χ2n) is 10.2. The van der Waals surface area contributed by atoms with Crippen molar-refractivity contribution in [3.05, 3.63) is 47.4 Å². The molecule has 2 aliphatic rings. The summed E-state index contributed by atoms with van der Waals surface area (Å²) >= 11 is 0. The maximum atomic E-state index is 15.0. The predicted molar refractivity (Wildman–Crippen MR) is 134 cm³/mol. The van der Waals surface area contributed by atoms with Gasteiger partial charge in [0, 0.05) is 23.0 Å². The Labute approximate surface area is 214 Å². The fraction of sp³-hybridized carbons (Fsp3) is 0.500. The first-order valence-electron chi connectivity index (χ1n) is 12.7. The molecule has 4 N–H and O–H groups in total. The van der Waals surface area contributed by atoms with Gasteiger partial charge in [0.1, 0.15) is 17.6 Å². The number of nitrogens with zero attached hydrogens (tertiary/aromatic N) is 4. The van der Waals surface area contributed by atoms with Gasteiger partial charge < -0.3 is 15.7 Å². The Kier molecular flexibility index (Phi) is 6.80. The molecule has 0 radical (unpaired) electrons. The van der Waals surface area contributed by atoms with Gasteiger partial charge in [-0.25, -0.2) is 4.98 Å². The first kappa shape index (κ1) is 25.1. The van der Waals surface area contributed by atoms with Gasteiger partial charge in [0.05, 0.1) is 18.3 Å². The number of carbonyl (C=O) groups is 2. The number of anilines is 1. The van der Waals surface area contributed by atoms with E-state index in [-0.39, 0.29) is 30.1 Å². The molecule has 0 saturated heterocycles. The summed E-state index contributed by atoms with van der Waals surface area (Å²) in [5.74, 6) is -0.774. The van der Waals surface area contributed by atoms with Crippen molar-refractivity contribution < 1.29 is 19.1 Å². The zero-order chi connectivity index (χ0) is 26.3. The van der Waals surface area contributed by atoms with Gasteiger partial charge in [-0.2, -0.15) is 14.6 Å². The average molecular weight is 510 g/mol. The van der Waals surface area contributed by atoms with E-state index in [1.807, 2.05) is 0 Å². The number of carbonyl (C=O) groups excluding carboxylic acids is 2. The quantitative estimate of drug-likeness (QED) is 0.310. The zero-order valence-electron chi connectivity index (χ0n) is 21.2. The predicted octanol–water partition coefficient (Wildman–Crippen LogP) is 3.15. The molecule has 196 valence electrons.